The molecule has 0 bridgehead atoms. The summed E-state index contributed by atoms with van der Waals surface area (Å²) in [6.07, 6.45) is -8.59. The lowest BCUT2D eigenvalue weighted by Crippen LogP contribution is -2.38. The molecule has 6 nitrogen and oxygen atoms in total. The van der Waals surface area contributed by atoms with Crippen LogP contribution in [0.25, 0.3) is 33.1 Å². The van der Waals surface area contributed by atoms with E-state index in [0.29, 0.717) is 40.0 Å². The number of nitrogens with two attached hydrogens (primary N) is 1. The van der Waals surface area contributed by atoms with Crippen molar-refractivity contribution in [2.45, 2.75) is 19.3 Å². The van der Waals surface area contributed by atoms with Crippen LogP contribution in [0.2, 0.25) is 0 Å². The molecule has 0 saturated heterocycles. The average molecular weight is 529 g/mol. The molecule has 194 valence electrons. The summed E-state index contributed by atoms with van der Waals surface area (Å²) < 4.78 is 80.6. The number of alkyl halides is 6. The van der Waals surface area contributed by atoms with Gasteiger partial charge >= 0.3 is 18.3 Å². The molecular formula is C26H17F6N5O. The normalized spacial score (nSPS) is 12.3. The summed E-state index contributed by atoms with van der Waals surface area (Å²) in [5.74, 6) is -2.24. The second-order valence-electron chi connectivity index (χ2n) is 8.56. The van der Waals surface area contributed by atoms with Gasteiger partial charge in [0.25, 0.3) is 0 Å². The first-order valence-corrected chi connectivity index (χ1v) is 11.1. The minimum atomic E-state index is -5.34. The minimum absolute atomic E-state index is 0.0804. The highest BCUT2D eigenvalue weighted by Gasteiger charge is 2.44. The van der Waals surface area contributed by atoms with E-state index in [2.05, 4.69) is 15.0 Å². The molecule has 0 atom stereocenters. The van der Waals surface area contributed by atoms with Gasteiger partial charge in [0.2, 0.25) is 5.95 Å². The maximum Gasteiger partial charge on any atom is 0.472 e. The Morgan fingerprint density at radius 1 is 0.921 bits per heavy atom. The Bertz CT molecular complexity index is 1710. The van der Waals surface area contributed by atoms with E-state index >= 15 is 0 Å². The lowest BCUT2D eigenvalue weighted by atomic mass is 9.98. The molecule has 2 heterocycles. The smallest absolute Gasteiger partial charge is 0.368 e. The molecular weight excluding hydrogens is 512 g/mol. The third-order valence-corrected chi connectivity index (χ3v) is 6.04. The maximum atomic E-state index is 13.6. The third-order valence-electron chi connectivity index (χ3n) is 6.04. The van der Waals surface area contributed by atoms with Gasteiger partial charge in [-0.05, 0) is 60.0 Å². The molecule has 0 radical (unpaired) electrons. The highest BCUT2D eigenvalue weighted by molar-refractivity contribution is 6.07. The van der Waals surface area contributed by atoms with E-state index in [9.17, 15) is 31.1 Å². The predicted molar refractivity (Wildman–Crippen MR) is 131 cm³/mol. The molecule has 0 unspecified atom stereocenters. The van der Waals surface area contributed by atoms with Gasteiger partial charge in [-0.15, -0.1) is 0 Å². The zero-order chi connectivity index (χ0) is 27.4. The number of carbonyl (C=O) groups excluding carboxylic acids is 1. The zero-order valence-corrected chi connectivity index (χ0v) is 19.4. The topological polar surface area (TPSA) is 87.9 Å². The largest absolute Gasteiger partial charge is 0.472 e. The van der Waals surface area contributed by atoms with Crippen LogP contribution in [0.5, 0.6) is 0 Å². The number of hydrogen-bond donors (Lipinski definition) is 2. The molecule has 1 amide bonds. The van der Waals surface area contributed by atoms with Crippen LogP contribution in [0, 0.1) is 6.92 Å². The number of anilines is 3. The first-order valence-electron chi connectivity index (χ1n) is 11.1. The summed E-state index contributed by atoms with van der Waals surface area (Å²) in [7, 11) is 0. The van der Waals surface area contributed by atoms with Gasteiger partial charge in [-0.3, -0.25) is 9.69 Å². The maximum absolute atomic E-state index is 13.6. The first kappa shape index (κ1) is 25.1. The Kier molecular flexibility index (Phi) is 5.77. The Morgan fingerprint density at radius 2 is 1.66 bits per heavy atom. The fraction of sp³-hybridized carbons (Fsp3) is 0.115. The number of benzene rings is 3. The number of nitrogens with one attached hydrogen (secondary N) is 1. The number of carbonyl (C=O) groups is 1. The molecule has 0 aliphatic heterocycles. The van der Waals surface area contributed by atoms with Gasteiger partial charge in [0.05, 0.1) is 5.56 Å². The van der Waals surface area contributed by atoms with Gasteiger partial charge in [-0.25, -0.2) is 4.98 Å². The Balaban J connectivity index is 1.65. The second-order valence-corrected chi connectivity index (χ2v) is 8.56. The molecule has 2 aromatic heterocycles. The number of nitrogens with zero attached hydrogens (tertiary/aromatic N) is 3. The zero-order valence-electron chi connectivity index (χ0n) is 19.4. The SMILES string of the molecule is Cc1ccc(N(C(=O)C(F)(F)F)c2cccc(C(F)(F)F)c2)cc1-c1ccc2c(c1)[nH]c1nc(N)ncc12. The summed E-state index contributed by atoms with van der Waals surface area (Å²) in [6, 6.07) is 12.5. The van der Waals surface area contributed by atoms with Gasteiger partial charge < -0.3 is 10.7 Å². The number of rotatable bonds is 3. The monoisotopic (exact) mass is 529 g/mol. The summed E-state index contributed by atoms with van der Waals surface area (Å²) in [6.45, 7) is 1.72. The molecule has 5 aromatic rings. The number of nitrogen functional groups attached to an aromatic ring is 1. The summed E-state index contributed by atoms with van der Waals surface area (Å²) in [4.78, 5) is 23.9. The van der Waals surface area contributed by atoms with E-state index in [1.54, 1.807) is 31.3 Å². The van der Waals surface area contributed by atoms with E-state index in [0.717, 1.165) is 22.9 Å². The quantitative estimate of drug-likeness (QED) is 0.249. The van der Waals surface area contributed by atoms with E-state index in [-0.39, 0.29) is 16.5 Å². The molecule has 0 aliphatic carbocycles. The van der Waals surface area contributed by atoms with Crippen molar-refractivity contribution < 1.29 is 31.1 Å². The van der Waals surface area contributed by atoms with E-state index < -0.39 is 29.5 Å². The van der Waals surface area contributed by atoms with Crippen LogP contribution >= 0.6 is 0 Å². The summed E-state index contributed by atoms with van der Waals surface area (Å²) >= 11 is 0. The first-order chi connectivity index (χ1) is 17.8. The molecule has 3 N–H and O–H groups in total. The number of hydrogen-bond acceptors (Lipinski definition) is 4. The summed E-state index contributed by atoms with van der Waals surface area (Å²) in [5.41, 5.74) is 6.53. The molecule has 38 heavy (non-hydrogen) atoms. The van der Waals surface area contributed by atoms with Crippen molar-refractivity contribution in [2.75, 3.05) is 10.6 Å². The second kappa shape index (κ2) is 8.75. The van der Waals surface area contributed by atoms with E-state index in [1.165, 1.54) is 18.2 Å². The van der Waals surface area contributed by atoms with Crippen LogP contribution in [0.1, 0.15) is 11.1 Å². The number of fused-ring (bicyclic) bond motifs is 3. The van der Waals surface area contributed by atoms with Gasteiger partial charge in [0.15, 0.2) is 0 Å². The van der Waals surface area contributed by atoms with Gasteiger partial charge in [-0.2, -0.15) is 31.3 Å². The molecule has 0 fully saturated rings. The van der Waals surface area contributed by atoms with Crippen molar-refractivity contribution >= 4 is 45.2 Å². The standard InChI is InChI=1S/C26H17F6N5O/c1-13-5-7-17(37(23(38)26(30,31)32)16-4-2-3-15(10-16)25(27,28)29)11-19(13)14-6-8-18-20-12-34-24(33)36-22(20)35-21(18)9-14/h2-12H,1H3,(H3,33,34,35,36). The number of H-pyrrole nitrogens is 1. The molecule has 0 aliphatic rings. The lowest BCUT2D eigenvalue weighted by molar-refractivity contribution is -0.169. The number of amides is 1. The van der Waals surface area contributed by atoms with Crippen molar-refractivity contribution in [1.29, 1.82) is 0 Å². The van der Waals surface area contributed by atoms with Crippen molar-refractivity contribution in [3.05, 3.63) is 78.0 Å². The van der Waals surface area contributed by atoms with Crippen LogP contribution in [0.3, 0.4) is 0 Å². The van der Waals surface area contributed by atoms with Gasteiger partial charge in [0, 0.05) is 33.9 Å². The van der Waals surface area contributed by atoms with Crippen LogP contribution in [0.4, 0.5) is 43.7 Å². The van der Waals surface area contributed by atoms with Crippen LogP contribution in [-0.2, 0) is 11.0 Å². The highest BCUT2D eigenvalue weighted by Crippen LogP contribution is 2.38. The van der Waals surface area contributed by atoms with Gasteiger partial charge in [-0.1, -0.05) is 24.3 Å². The molecule has 5 rings (SSSR count). The number of halogens is 6. The third kappa shape index (κ3) is 4.49. The van der Waals surface area contributed by atoms with Crippen molar-refractivity contribution in [2.24, 2.45) is 0 Å². The number of aromatic amines is 1. The van der Waals surface area contributed by atoms with Crippen molar-refractivity contribution in [3.8, 4) is 11.1 Å². The van der Waals surface area contributed by atoms with Crippen molar-refractivity contribution in [1.82, 2.24) is 15.0 Å². The van der Waals surface area contributed by atoms with Gasteiger partial charge in [0.1, 0.15) is 5.65 Å². The lowest BCUT2D eigenvalue weighted by Gasteiger charge is -2.25. The van der Waals surface area contributed by atoms with E-state index in [4.69, 9.17) is 5.73 Å². The molecule has 3 aromatic carbocycles. The van der Waals surface area contributed by atoms with Crippen LogP contribution < -0.4 is 10.6 Å². The fourth-order valence-electron chi connectivity index (χ4n) is 4.26. The molecule has 0 spiro atoms. The molecule has 0 saturated carbocycles. The minimum Gasteiger partial charge on any atom is -0.368 e. The number of aryl methyl sites for hydroxylation is 1. The highest BCUT2D eigenvalue weighted by atomic mass is 19.4. The average Bonchev–Trinajstić information content (AvgIpc) is 3.20. The Morgan fingerprint density at radius 3 is 2.37 bits per heavy atom. The van der Waals surface area contributed by atoms with E-state index in [1.807, 2.05) is 0 Å². The Hall–Kier alpha value is -4.61. The summed E-state index contributed by atoms with van der Waals surface area (Å²) in [5, 5.41) is 1.51. The predicted octanol–water partition coefficient (Wildman–Crippen LogP) is 6.91. The van der Waals surface area contributed by atoms with Crippen LogP contribution in [0.15, 0.2) is 66.9 Å². The Labute approximate surface area is 210 Å². The molecule has 12 heteroatoms. The van der Waals surface area contributed by atoms with Crippen molar-refractivity contribution in [3.63, 3.8) is 0 Å². The van der Waals surface area contributed by atoms with Crippen LogP contribution in [-0.4, -0.2) is 27.0 Å². The fourth-order valence-corrected chi connectivity index (χ4v) is 4.26. The number of aromatic nitrogens is 3.